The molecule has 1 rings (SSSR count). The lowest BCUT2D eigenvalue weighted by atomic mass is 10.1. The highest BCUT2D eigenvalue weighted by molar-refractivity contribution is 7.89. The summed E-state index contributed by atoms with van der Waals surface area (Å²) in [7, 11) is -3.66. The van der Waals surface area contributed by atoms with E-state index in [9.17, 15) is 13.2 Å². The second kappa shape index (κ2) is 7.40. The largest absolute Gasteiger partial charge is 0.355 e. The summed E-state index contributed by atoms with van der Waals surface area (Å²) in [6, 6.07) is 7.20. The predicted molar refractivity (Wildman–Crippen MR) is 78.7 cm³/mol. The highest BCUT2D eigenvalue weighted by Crippen LogP contribution is 2.08. The molecule has 0 aliphatic rings. The molecule has 0 aliphatic heterocycles. The smallest absolute Gasteiger partial charge is 0.241 e. The van der Waals surface area contributed by atoms with Gasteiger partial charge in [0.1, 0.15) is 0 Å². The molecule has 2 N–H and O–H groups in total. The normalized spacial score (nSPS) is 13.2. The Morgan fingerprint density at radius 1 is 1.15 bits per heavy atom. The zero-order valence-corrected chi connectivity index (χ0v) is 12.9. The highest BCUT2D eigenvalue weighted by atomic mass is 32.2. The van der Waals surface area contributed by atoms with Crippen LogP contribution in [0.15, 0.2) is 35.2 Å². The quantitative estimate of drug-likeness (QED) is 0.801. The summed E-state index contributed by atoms with van der Waals surface area (Å²) in [6.07, 6.45) is 0.865. The van der Waals surface area contributed by atoms with Crippen molar-refractivity contribution < 1.29 is 13.2 Å². The zero-order chi connectivity index (χ0) is 15.2. The zero-order valence-electron chi connectivity index (χ0n) is 12.1. The van der Waals surface area contributed by atoms with Crippen LogP contribution in [0.25, 0.3) is 0 Å². The number of carbonyl (C=O) groups is 1. The molecule has 1 aromatic rings. The van der Waals surface area contributed by atoms with Crippen LogP contribution in [0.4, 0.5) is 0 Å². The van der Waals surface area contributed by atoms with E-state index in [1.54, 1.807) is 18.2 Å². The van der Waals surface area contributed by atoms with Gasteiger partial charge < -0.3 is 5.32 Å². The molecular weight excluding hydrogens is 276 g/mol. The third kappa shape index (κ3) is 5.30. The van der Waals surface area contributed by atoms with Gasteiger partial charge >= 0.3 is 0 Å². The monoisotopic (exact) mass is 298 g/mol. The van der Waals surface area contributed by atoms with Gasteiger partial charge in [0.05, 0.1) is 10.9 Å². The van der Waals surface area contributed by atoms with Crippen molar-refractivity contribution in [1.82, 2.24) is 10.0 Å². The minimum atomic E-state index is -3.66. The minimum absolute atomic E-state index is 0.154. The minimum Gasteiger partial charge on any atom is -0.355 e. The molecule has 20 heavy (non-hydrogen) atoms. The maximum atomic E-state index is 12.0. The van der Waals surface area contributed by atoms with Crippen LogP contribution in [-0.2, 0) is 14.8 Å². The molecule has 0 unspecified atom stereocenters. The van der Waals surface area contributed by atoms with Crippen molar-refractivity contribution >= 4 is 15.9 Å². The van der Waals surface area contributed by atoms with Crippen molar-refractivity contribution in [2.75, 3.05) is 6.54 Å². The Morgan fingerprint density at radius 2 is 1.75 bits per heavy atom. The van der Waals surface area contributed by atoms with Crippen LogP contribution in [0.5, 0.6) is 0 Å². The second-order valence-corrected chi connectivity index (χ2v) is 6.84. The average molecular weight is 298 g/mol. The number of rotatable bonds is 7. The molecule has 6 heteroatoms. The number of amides is 1. The van der Waals surface area contributed by atoms with Gasteiger partial charge in [-0.05, 0) is 31.4 Å². The summed E-state index contributed by atoms with van der Waals surface area (Å²) in [5.41, 5.74) is 0. The van der Waals surface area contributed by atoms with Crippen LogP contribution in [-0.4, -0.2) is 26.9 Å². The first-order valence-corrected chi connectivity index (χ1v) is 8.16. The molecule has 0 heterocycles. The van der Waals surface area contributed by atoms with E-state index in [0.717, 1.165) is 6.42 Å². The van der Waals surface area contributed by atoms with Crippen molar-refractivity contribution in [2.45, 2.75) is 38.1 Å². The molecule has 1 aromatic carbocycles. The lowest BCUT2D eigenvalue weighted by Gasteiger charge is -2.15. The number of hydrogen-bond acceptors (Lipinski definition) is 3. The summed E-state index contributed by atoms with van der Waals surface area (Å²) >= 11 is 0. The molecule has 0 fully saturated rings. The molecule has 5 nitrogen and oxygen atoms in total. The van der Waals surface area contributed by atoms with E-state index in [1.807, 2.05) is 0 Å². The summed E-state index contributed by atoms with van der Waals surface area (Å²) in [5.74, 6) is 0.178. The Bertz CT molecular complexity index is 527. The first-order chi connectivity index (χ1) is 9.33. The fraction of sp³-hybridized carbons (Fsp3) is 0.500. The van der Waals surface area contributed by atoms with Gasteiger partial charge in [0.15, 0.2) is 0 Å². The second-order valence-electron chi connectivity index (χ2n) is 5.13. The third-order valence-corrected chi connectivity index (χ3v) is 4.36. The Kier molecular flexibility index (Phi) is 6.16. The predicted octanol–water partition coefficient (Wildman–Crippen LogP) is 1.52. The van der Waals surface area contributed by atoms with E-state index in [4.69, 9.17) is 0 Å². The van der Waals surface area contributed by atoms with Crippen molar-refractivity contribution in [3.8, 4) is 0 Å². The van der Waals surface area contributed by atoms with Crippen molar-refractivity contribution in [3.63, 3.8) is 0 Å². The number of benzene rings is 1. The molecule has 0 saturated carbocycles. The molecule has 0 aliphatic carbocycles. The Labute approximate surface area is 120 Å². The van der Waals surface area contributed by atoms with Crippen LogP contribution < -0.4 is 10.0 Å². The average Bonchev–Trinajstić information content (AvgIpc) is 2.38. The fourth-order valence-electron chi connectivity index (χ4n) is 1.59. The van der Waals surface area contributed by atoms with Crippen LogP contribution in [0, 0.1) is 5.92 Å². The lowest BCUT2D eigenvalue weighted by Crippen LogP contribution is -2.45. The van der Waals surface area contributed by atoms with Gasteiger partial charge in [0.25, 0.3) is 0 Å². The van der Waals surface area contributed by atoms with Gasteiger partial charge in [0.2, 0.25) is 15.9 Å². The molecular formula is C14H22N2O3S. The summed E-state index contributed by atoms with van der Waals surface area (Å²) < 4.78 is 26.4. The van der Waals surface area contributed by atoms with Crippen LogP contribution >= 0.6 is 0 Å². The van der Waals surface area contributed by atoms with Crippen LogP contribution in [0.2, 0.25) is 0 Å². The lowest BCUT2D eigenvalue weighted by molar-refractivity contribution is -0.122. The first kappa shape index (κ1) is 16.7. The fourth-order valence-corrected chi connectivity index (χ4v) is 2.82. The van der Waals surface area contributed by atoms with Crippen LogP contribution in [0.1, 0.15) is 27.2 Å². The Balaban J connectivity index is 2.57. The summed E-state index contributed by atoms with van der Waals surface area (Å²) in [6.45, 7) is 6.21. The van der Waals surface area contributed by atoms with Gasteiger partial charge in [-0.1, -0.05) is 32.0 Å². The van der Waals surface area contributed by atoms with Crippen molar-refractivity contribution in [1.29, 1.82) is 0 Å². The molecule has 0 aromatic heterocycles. The molecule has 1 atom stereocenters. The number of sulfonamides is 1. The third-order valence-electron chi connectivity index (χ3n) is 2.80. The SMILES string of the molecule is CC(C)CCNC(=O)[C@@H](C)NS(=O)(=O)c1ccccc1. The van der Waals surface area contributed by atoms with E-state index in [2.05, 4.69) is 23.9 Å². The van der Waals surface area contributed by atoms with Gasteiger partial charge in [0, 0.05) is 6.54 Å². The summed E-state index contributed by atoms with van der Waals surface area (Å²) in [4.78, 5) is 11.9. The first-order valence-electron chi connectivity index (χ1n) is 6.68. The van der Waals surface area contributed by atoms with Crippen molar-refractivity contribution in [3.05, 3.63) is 30.3 Å². The molecule has 0 bridgehead atoms. The van der Waals surface area contributed by atoms with E-state index >= 15 is 0 Å². The Hall–Kier alpha value is -1.40. The number of hydrogen-bond donors (Lipinski definition) is 2. The van der Waals surface area contributed by atoms with Crippen molar-refractivity contribution in [2.24, 2.45) is 5.92 Å². The molecule has 112 valence electrons. The van der Waals surface area contributed by atoms with Gasteiger partial charge in [-0.25, -0.2) is 8.42 Å². The van der Waals surface area contributed by atoms with E-state index in [-0.39, 0.29) is 10.8 Å². The van der Waals surface area contributed by atoms with E-state index < -0.39 is 16.1 Å². The number of nitrogens with one attached hydrogen (secondary N) is 2. The topological polar surface area (TPSA) is 75.3 Å². The van der Waals surface area contributed by atoms with Gasteiger partial charge in [-0.2, -0.15) is 4.72 Å². The summed E-state index contributed by atoms with van der Waals surface area (Å²) in [5, 5.41) is 2.72. The highest BCUT2D eigenvalue weighted by Gasteiger charge is 2.21. The maximum absolute atomic E-state index is 12.0. The molecule has 0 spiro atoms. The Morgan fingerprint density at radius 3 is 2.30 bits per heavy atom. The van der Waals surface area contributed by atoms with E-state index in [0.29, 0.717) is 12.5 Å². The molecule has 0 saturated heterocycles. The van der Waals surface area contributed by atoms with E-state index in [1.165, 1.54) is 19.1 Å². The standard InChI is InChI=1S/C14H22N2O3S/c1-11(2)9-10-15-14(17)12(3)16-20(18,19)13-7-5-4-6-8-13/h4-8,11-12,16H,9-10H2,1-3H3,(H,15,17)/t12-/m1/s1. The molecule has 0 radical (unpaired) electrons. The van der Waals surface area contributed by atoms with Gasteiger partial charge in [-0.15, -0.1) is 0 Å². The number of carbonyl (C=O) groups excluding carboxylic acids is 1. The van der Waals surface area contributed by atoms with Crippen LogP contribution in [0.3, 0.4) is 0 Å². The van der Waals surface area contributed by atoms with Gasteiger partial charge in [-0.3, -0.25) is 4.79 Å². The maximum Gasteiger partial charge on any atom is 0.241 e. The molecule has 1 amide bonds.